The van der Waals surface area contributed by atoms with E-state index in [0.29, 0.717) is 16.9 Å². The van der Waals surface area contributed by atoms with E-state index < -0.39 is 23.5 Å². The molecule has 2 nitrogen and oxygen atoms in total. The highest BCUT2D eigenvalue weighted by Gasteiger charge is 2.31. The summed E-state index contributed by atoms with van der Waals surface area (Å²) < 4.78 is 88.7. The van der Waals surface area contributed by atoms with Gasteiger partial charge in [-0.15, -0.1) is 0 Å². The van der Waals surface area contributed by atoms with Crippen LogP contribution in [0, 0.1) is 6.07 Å². The molecule has 8 heteroatoms. The fraction of sp³-hybridized carbons (Fsp3) is 0.0769. The molecular formula is C26H15F6O2. The topological polar surface area (TPSA) is 18.5 Å². The normalized spacial score (nSPS) is 11.8. The lowest BCUT2D eigenvalue weighted by molar-refractivity contribution is -0.138. The smallest absolute Gasteiger partial charge is 0.416 e. The first-order valence-electron chi connectivity index (χ1n) is 9.90. The second-order valence-electron chi connectivity index (χ2n) is 7.20. The number of benzene rings is 4. The second kappa shape index (κ2) is 9.13. The van der Waals surface area contributed by atoms with Crippen molar-refractivity contribution < 1.29 is 35.8 Å². The number of rotatable bonds is 5. The van der Waals surface area contributed by atoms with E-state index >= 15 is 0 Å². The molecule has 4 aromatic carbocycles. The van der Waals surface area contributed by atoms with Crippen LogP contribution in [0.25, 0.3) is 11.1 Å². The van der Waals surface area contributed by atoms with Crippen molar-refractivity contribution in [3.63, 3.8) is 0 Å². The Bertz CT molecular complexity index is 1280. The van der Waals surface area contributed by atoms with Crippen LogP contribution in [0.2, 0.25) is 0 Å². The minimum Gasteiger partial charge on any atom is -0.457 e. The number of halogens is 6. The molecule has 0 fully saturated rings. The van der Waals surface area contributed by atoms with Gasteiger partial charge < -0.3 is 9.47 Å². The first-order chi connectivity index (χ1) is 16.1. The summed E-state index contributed by atoms with van der Waals surface area (Å²) in [7, 11) is 0. The Balaban J connectivity index is 1.59. The summed E-state index contributed by atoms with van der Waals surface area (Å²) in [6.07, 6.45) is -8.95. The standard InChI is InChI=1S/C26H15F6O2/c27-25(28,29)18-11-13-20(14-12-18)33-21-7-3-5-17(15-21)23-9-1-2-10-24(23)34-22-8-4-6-19(16-22)26(30,31)32/h1,3-16H. The molecule has 0 saturated carbocycles. The Hall–Kier alpha value is -3.94. The molecular weight excluding hydrogens is 458 g/mol. The number of hydrogen-bond acceptors (Lipinski definition) is 2. The molecule has 0 bridgehead atoms. The van der Waals surface area contributed by atoms with Crippen LogP contribution in [0.4, 0.5) is 26.3 Å². The van der Waals surface area contributed by atoms with Gasteiger partial charge in [0, 0.05) is 5.56 Å². The highest BCUT2D eigenvalue weighted by molar-refractivity contribution is 5.72. The lowest BCUT2D eigenvalue weighted by atomic mass is 10.0. The third kappa shape index (κ3) is 5.51. The number of alkyl halides is 6. The first kappa shape index (κ1) is 23.2. The molecule has 0 aliphatic carbocycles. The van der Waals surface area contributed by atoms with Gasteiger partial charge in [0.15, 0.2) is 0 Å². The maximum absolute atomic E-state index is 13.0. The van der Waals surface area contributed by atoms with Crippen LogP contribution < -0.4 is 9.47 Å². The van der Waals surface area contributed by atoms with Crippen molar-refractivity contribution >= 4 is 0 Å². The van der Waals surface area contributed by atoms with Crippen molar-refractivity contribution in [1.29, 1.82) is 0 Å². The average molecular weight is 473 g/mol. The predicted molar refractivity (Wildman–Crippen MR) is 114 cm³/mol. The maximum Gasteiger partial charge on any atom is 0.416 e. The van der Waals surface area contributed by atoms with Gasteiger partial charge >= 0.3 is 12.4 Å². The van der Waals surface area contributed by atoms with Crippen LogP contribution >= 0.6 is 0 Å². The monoisotopic (exact) mass is 473 g/mol. The summed E-state index contributed by atoms with van der Waals surface area (Å²) in [4.78, 5) is 0. The van der Waals surface area contributed by atoms with Crippen molar-refractivity contribution in [2.24, 2.45) is 0 Å². The first-order valence-corrected chi connectivity index (χ1v) is 9.90. The van der Waals surface area contributed by atoms with E-state index in [9.17, 15) is 26.3 Å². The van der Waals surface area contributed by atoms with Crippen molar-refractivity contribution in [3.8, 4) is 34.1 Å². The fourth-order valence-electron chi connectivity index (χ4n) is 3.18. The van der Waals surface area contributed by atoms with Gasteiger partial charge in [-0.25, -0.2) is 0 Å². The summed E-state index contributed by atoms with van der Waals surface area (Å²) in [5.74, 6) is 0.850. The Morgan fingerprint density at radius 1 is 0.588 bits per heavy atom. The summed E-state index contributed by atoms with van der Waals surface area (Å²) in [6, 6.07) is 23.1. The lowest BCUT2D eigenvalue weighted by Crippen LogP contribution is -2.04. The van der Waals surface area contributed by atoms with Gasteiger partial charge in [-0.05, 0) is 72.3 Å². The zero-order chi connectivity index (χ0) is 24.3. The average Bonchev–Trinajstić information content (AvgIpc) is 2.79. The number of hydrogen-bond donors (Lipinski definition) is 0. The molecule has 0 spiro atoms. The van der Waals surface area contributed by atoms with Crippen molar-refractivity contribution in [3.05, 3.63) is 108 Å². The fourth-order valence-corrected chi connectivity index (χ4v) is 3.18. The molecule has 4 aromatic rings. The summed E-state index contributed by atoms with van der Waals surface area (Å²) in [5, 5.41) is 0. The molecule has 0 aliphatic rings. The summed E-state index contributed by atoms with van der Waals surface area (Å²) >= 11 is 0. The van der Waals surface area contributed by atoms with Gasteiger partial charge in [-0.2, -0.15) is 26.3 Å². The largest absolute Gasteiger partial charge is 0.457 e. The Morgan fingerprint density at radius 2 is 1.24 bits per heavy atom. The molecule has 0 heterocycles. The van der Waals surface area contributed by atoms with Gasteiger partial charge in [0.2, 0.25) is 0 Å². The molecule has 0 amide bonds. The van der Waals surface area contributed by atoms with Gasteiger partial charge in [-0.1, -0.05) is 30.3 Å². The van der Waals surface area contributed by atoms with Crippen molar-refractivity contribution in [2.45, 2.75) is 12.4 Å². The van der Waals surface area contributed by atoms with Crippen LogP contribution in [0.1, 0.15) is 11.1 Å². The summed E-state index contributed by atoms with van der Waals surface area (Å²) in [6.45, 7) is 0. The van der Waals surface area contributed by atoms with Gasteiger partial charge in [-0.3, -0.25) is 0 Å². The molecule has 0 N–H and O–H groups in total. The molecule has 0 aromatic heterocycles. The zero-order valence-corrected chi connectivity index (χ0v) is 17.2. The van der Waals surface area contributed by atoms with E-state index in [1.165, 1.54) is 30.3 Å². The quantitative estimate of drug-likeness (QED) is 0.270. The van der Waals surface area contributed by atoms with Crippen LogP contribution in [0.5, 0.6) is 23.0 Å². The van der Waals surface area contributed by atoms with Crippen molar-refractivity contribution in [2.75, 3.05) is 0 Å². The highest BCUT2D eigenvalue weighted by Crippen LogP contribution is 2.38. The molecule has 0 aliphatic heterocycles. The minimum atomic E-state index is -4.50. The van der Waals surface area contributed by atoms with Crippen LogP contribution in [-0.2, 0) is 12.4 Å². The molecule has 0 unspecified atom stereocenters. The predicted octanol–water partition coefficient (Wildman–Crippen LogP) is 8.78. The Labute approximate surface area is 191 Å². The van der Waals surface area contributed by atoms with E-state index in [2.05, 4.69) is 6.07 Å². The van der Waals surface area contributed by atoms with E-state index in [4.69, 9.17) is 9.47 Å². The van der Waals surface area contributed by atoms with E-state index in [0.717, 1.165) is 24.3 Å². The van der Waals surface area contributed by atoms with Gasteiger partial charge in [0.25, 0.3) is 0 Å². The van der Waals surface area contributed by atoms with Crippen LogP contribution in [0.15, 0.2) is 91.0 Å². The third-order valence-corrected chi connectivity index (χ3v) is 4.78. The highest BCUT2D eigenvalue weighted by atomic mass is 19.4. The van der Waals surface area contributed by atoms with E-state index in [1.54, 1.807) is 36.4 Å². The van der Waals surface area contributed by atoms with Crippen molar-refractivity contribution in [1.82, 2.24) is 0 Å². The van der Waals surface area contributed by atoms with Crippen LogP contribution in [0.3, 0.4) is 0 Å². The molecule has 0 saturated heterocycles. The molecule has 34 heavy (non-hydrogen) atoms. The van der Waals surface area contributed by atoms with Gasteiger partial charge in [0.05, 0.1) is 11.1 Å². The van der Waals surface area contributed by atoms with E-state index in [1.807, 2.05) is 0 Å². The van der Waals surface area contributed by atoms with Gasteiger partial charge in [0.1, 0.15) is 23.0 Å². The van der Waals surface area contributed by atoms with E-state index in [-0.39, 0.29) is 17.2 Å². The molecule has 1 radical (unpaired) electrons. The zero-order valence-electron chi connectivity index (χ0n) is 17.2. The summed E-state index contributed by atoms with van der Waals surface area (Å²) in [5.41, 5.74) is -0.432. The second-order valence-corrected chi connectivity index (χ2v) is 7.20. The number of ether oxygens (including phenoxy) is 2. The molecule has 0 atom stereocenters. The van der Waals surface area contributed by atoms with Crippen LogP contribution in [-0.4, -0.2) is 0 Å². The lowest BCUT2D eigenvalue weighted by Gasteiger charge is -2.14. The molecule has 4 rings (SSSR count). The SMILES string of the molecule is FC(F)(F)c1ccc(Oc2cccc(-c3cc[c]cc3Oc3cccc(C(F)(F)F)c3)c2)cc1. The Kier molecular flexibility index (Phi) is 6.24. The minimum absolute atomic E-state index is 0.00725. The molecule has 173 valence electrons. The third-order valence-electron chi connectivity index (χ3n) is 4.78. The Morgan fingerprint density at radius 3 is 1.91 bits per heavy atom. The maximum atomic E-state index is 13.0.